The van der Waals surface area contributed by atoms with Gasteiger partial charge in [-0.05, 0) is 48.7 Å². The Hall–Kier alpha value is -3.53. The van der Waals surface area contributed by atoms with Gasteiger partial charge in [0.1, 0.15) is 11.6 Å². The number of anilines is 3. The molecule has 1 heterocycles. The Morgan fingerprint density at radius 3 is 2.31 bits per heavy atom. The van der Waals surface area contributed by atoms with Crippen LogP contribution in [-0.2, 0) is 16.5 Å². The number of nitrogens with zero attached hydrogens (tertiary/aromatic N) is 2. The van der Waals surface area contributed by atoms with E-state index in [1.54, 1.807) is 43.5 Å². The van der Waals surface area contributed by atoms with Gasteiger partial charge in [-0.15, -0.1) is 0 Å². The number of nitrogen functional groups attached to an aromatic ring is 3. The minimum Gasteiger partial charge on any atom is -0.493 e. The standard InChI is InChI=1S/C22H27N5O4S/c1-3-9-32(28,29)31-19-12-14(10-16-13-26-22(25)27-21(16)24)11-18(30-4-2)20(19)15-5-7-17(23)8-6-15/h5-8,11-13H,3-4,9-10,23H2,1-2H3,(H4,24,25,26,27). The third kappa shape index (κ3) is 5.58. The van der Waals surface area contributed by atoms with E-state index >= 15 is 0 Å². The number of hydrogen-bond donors (Lipinski definition) is 3. The molecule has 0 bridgehead atoms. The van der Waals surface area contributed by atoms with E-state index in [0.717, 1.165) is 5.56 Å². The Kier molecular flexibility index (Phi) is 7.04. The molecule has 2 aromatic carbocycles. The van der Waals surface area contributed by atoms with E-state index in [1.807, 2.05) is 13.0 Å². The molecule has 3 aromatic rings. The van der Waals surface area contributed by atoms with Gasteiger partial charge in [0.2, 0.25) is 5.95 Å². The smallest absolute Gasteiger partial charge is 0.309 e. The zero-order valence-electron chi connectivity index (χ0n) is 18.0. The molecule has 32 heavy (non-hydrogen) atoms. The molecule has 0 saturated heterocycles. The molecule has 0 aliphatic heterocycles. The van der Waals surface area contributed by atoms with Crippen molar-refractivity contribution >= 4 is 27.6 Å². The third-order valence-corrected chi connectivity index (χ3v) is 5.95. The van der Waals surface area contributed by atoms with E-state index in [-0.39, 0.29) is 23.3 Å². The summed E-state index contributed by atoms with van der Waals surface area (Å²) in [5.41, 5.74) is 20.6. The molecule has 170 valence electrons. The summed E-state index contributed by atoms with van der Waals surface area (Å²) in [6, 6.07) is 10.5. The molecule has 0 fully saturated rings. The van der Waals surface area contributed by atoms with Gasteiger partial charge in [0.25, 0.3) is 0 Å². The van der Waals surface area contributed by atoms with E-state index in [2.05, 4.69) is 9.97 Å². The molecule has 0 aliphatic rings. The van der Waals surface area contributed by atoms with Gasteiger partial charge in [0.05, 0.1) is 17.9 Å². The highest BCUT2D eigenvalue weighted by Crippen LogP contribution is 2.41. The lowest BCUT2D eigenvalue weighted by Gasteiger charge is -2.18. The molecule has 6 N–H and O–H groups in total. The molecule has 0 spiro atoms. The molecule has 0 atom stereocenters. The highest BCUT2D eigenvalue weighted by molar-refractivity contribution is 7.87. The Labute approximate surface area is 187 Å². The summed E-state index contributed by atoms with van der Waals surface area (Å²) >= 11 is 0. The Morgan fingerprint density at radius 1 is 1.00 bits per heavy atom. The summed E-state index contributed by atoms with van der Waals surface area (Å²) in [6.07, 6.45) is 2.30. The fourth-order valence-electron chi connectivity index (χ4n) is 3.23. The van der Waals surface area contributed by atoms with Gasteiger partial charge in [-0.1, -0.05) is 19.1 Å². The average Bonchev–Trinajstić information content (AvgIpc) is 2.71. The fraction of sp³-hybridized carbons (Fsp3) is 0.273. The lowest BCUT2D eigenvalue weighted by Crippen LogP contribution is -2.14. The van der Waals surface area contributed by atoms with Gasteiger partial charge < -0.3 is 26.1 Å². The Morgan fingerprint density at radius 2 is 1.69 bits per heavy atom. The molecule has 3 rings (SSSR count). The van der Waals surface area contributed by atoms with Crippen LogP contribution in [0.3, 0.4) is 0 Å². The highest BCUT2D eigenvalue weighted by atomic mass is 32.2. The molecule has 0 unspecified atom stereocenters. The van der Waals surface area contributed by atoms with Crippen LogP contribution in [0.5, 0.6) is 11.5 Å². The lowest BCUT2D eigenvalue weighted by molar-refractivity contribution is 0.340. The first-order chi connectivity index (χ1) is 15.2. The van der Waals surface area contributed by atoms with Crippen molar-refractivity contribution in [2.75, 3.05) is 29.6 Å². The minimum absolute atomic E-state index is 0.0784. The maximum absolute atomic E-state index is 12.5. The number of rotatable bonds is 9. The van der Waals surface area contributed by atoms with E-state index < -0.39 is 10.1 Å². The normalized spacial score (nSPS) is 11.3. The molecule has 9 nitrogen and oxygen atoms in total. The third-order valence-electron chi connectivity index (χ3n) is 4.61. The van der Waals surface area contributed by atoms with E-state index in [1.165, 1.54) is 0 Å². The number of aromatic nitrogens is 2. The number of ether oxygens (including phenoxy) is 1. The van der Waals surface area contributed by atoms with Crippen molar-refractivity contribution in [2.45, 2.75) is 26.7 Å². The second-order valence-corrected chi connectivity index (χ2v) is 8.87. The summed E-state index contributed by atoms with van der Waals surface area (Å²) in [7, 11) is -3.80. The van der Waals surface area contributed by atoms with Crippen molar-refractivity contribution < 1.29 is 17.3 Å². The molecule has 10 heteroatoms. The van der Waals surface area contributed by atoms with Crippen molar-refractivity contribution in [3.8, 4) is 22.6 Å². The number of nitrogens with two attached hydrogens (primary N) is 3. The Bertz CT molecular complexity index is 1200. The van der Waals surface area contributed by atoms with Gasteiger partial charge in [0, 0.05) is 23.9 Å². The predicted molar refractivity (Wildman–Crippen MR) is 126 cm³/mol. The van der Waals surface area contributed by atoms with Crippen LogP contribution in [0, 0.1) is 0 Å². The van der Waals surface area contributed by atoms with Gasteiger partial charge in [-0.25, -0.2) is 4.98 Å². The Balaban J connectivity index is 2.16. The topological polar surface area (TPSA) is 156 Å². The second kappa shape index (κ2) is 9.73. The summed E-state index contributed by atoms with van der Waals surface area (Å²) in [5.74, 6) is 0.862. The van der Waals surface area contributed by atoms with E-state index in [0.29, 0.717) is 47.6 Å². The number of benzene rings is 2. The quantitative estimate of drug-likeness (QED) is 0.324. The molecule has 0 amide bonds. The van der Waals surface area contributed by atoms with Gasteiger partial charge in [-0.2, -0.15) is 13.4 Å². The summed E-state index contributed by atoms with van der Waals surface area (Å²) in [6.45, 7) is 3.99. The van der Waals surface area contributed by atoms with Crippen LogP contribution in [0.15, 0.2) is 42.6 Å². The number of hydrogen-bond acceptors (Lipinski definition) is 9. The molecule has 0 radical (unpaired) electrons. The molecule has 0 aliphatic carbocycles. The van der Waals surface area contributed by atoms with Gasteiger partial charge >= 0.3 is 10.1 Å². The zero-order valence-corrected chi connectivity index (χ0v) is 18.9. The monoisotopic (exact) mass is 457 g/mol. The maximum atomic E-state index is 12.5. The first-order valence-corrected chi connectivity index (χ1v) is 11.7. The van der Waals surface area contributed by atoms with Crippen molar-refractivity contribution in [1.82, 2.24) is 9.97 Å². The van der Waals surface area contributed by atoms with Crippen molar-refractivity contribution in [3.05, 3.63) is 53.7 Å². The van der Waals surface area contributed by atoms with Crippen LogP contribution in [0.4, 0.5) is 17.5 Å². The summed E-state index contributed by atoms with van der Waals surface area (Å²) in [5, 5.41) is 0. The van der Waals surface area contributed by atoms with Crippen LogP contribution in [0.25, 0.3) is 11.1 Å². The largest absolute Gasteiger partial charge is 0.493 e. The summed E-state index contributed by atoms with van der Waals surface area (Å²) < 4.78 is 36.5. The van der Waals surface area contributed by atoms with Crippen molar-refractivity contribution in [3.63, 3.8) is 0 Å². The van der Waals surface area contributed by atoms with Crippen molar-refractivity contribution in [2.24, 2.45) is 0 Å². The van der Waals surface area contributed by atoms with E-state index in [4.69, 9.17) is 26.1 Å². The highest BCUT2D eigenvalue weighted by Gasteiger charge is 2.21. The summed E-state index contributed by atoms with van der Waals surface area (Å²) in [4.78, 5) is 7.97. The SMILES string of the molecule is CCCS(=O)(=O)Oc1cc(Cc2cnc(N)nc2N)cc(OCC)c1-c1ccc(N)cc1. The molecular formula is C22H27N5O4S. The molecular weight excluding hydrogens is 430 g/mol. The van der Waals surface area contributed by atoms with Crippen LogP contribution < -0.4 is 26.1 Å². The first kappa shape index (κ1) is 23.1. The fourth-order valence-corrected chi connectivity index (χ4v) is 4.22. The van der Waals surface area contributed by atoms with Crippen LogP contribution in [-0.4, -0.2) is 30.7 Å². The minimum atomic E-state index is -3.80. The van der Waals surface area contributed by atoms with Crippen LogP contribution >= 0.6 is 0 Å². The second-order valence-electron chi connectivity index (χ2n) is 7.18. The van der Waals surface area contributed by atoms with Gasteiger partial charge in [-0.3, -0.25) is 0 Å². The predicted octanol–water partition coefficient (Wildman–Crippen LogP) is 3.00. The zero-order chi connectivity index (χ0) is 23.3. The molecule has 0 saturated carbocycles. The van der Waals surface area contributed by atoms with Gasteiger partial charge in [0.15, 0.2) is 5.75 Å². The van der Waals surface area contributed by atoms with Crippen molar-refractivity contribution in [1.29, 1.82) is 0 Å². The average molecular weight is 458 g/mol. The molecule has 1 aromatic heterocycles. The van der Waals surface area contributed by atoms with Crippen LogP contribution in [0.1, 0.15) is 31.4 Å². The first-order valence-electron chi connectivity index (χ1n) is 10.2. The van der Waals surface area contributed by atoms with E-state index in [9.17, 15) is 8.42 Å². The lowest BCUT2D eigenvalue weighted by atomic mass is 9.98. The maximum Gasteiger partial charge on any atom is 0.309 e. The van der Waals surface area contributed by atoms with Crippen LogP contribution in [0.2, 0.25) is 0 Å².